The van der Waals surface area contributed by atoms with Gasteiger partial charge in [-0.05, 0) is 38.5 Å². The molecule has 1 amide bonds. The molecule has 5 atom stereocenters. The third-order valence-corrected chi connectivity index (χ3v) is 7.40. The molecule has 0 saturated carbocycles. The summed E-state index contributed by atoms with van der Waals surface area (Å²) in [4.78, 5) is 14.6. The number of aliphatic hydroxyl groups excluding tert-OH is 4. The highest BCUT2D eigenvalue weighted by Crippen LogP contribution is 2.25. The second-order valence-corrected chi connectivity index (χ2v) is 10.7. The van der Waals surface area contributed by atoms with Crippen molar-refractivity contribution in [2.75, 3.05) is 13.2 Å². The third kappa shape index (κ3) is 14.1. The largest absolute Gasteiger partial charge is 0.394 e. The molecule has 0 radical (unpaired) electrons. The summed E-state index contributed by atoms with van der Waals surface area (Å²) < 4.78 is 5.69. The highest BCUT2D eigenvalue weighted by atomic mass is 16.6. The average molecular weight is 528 g/mol. The van der Waals surface area contributed by atoms with Gasteiger partial charge in [0.2, 0.25) is 5.91 Å². The van der Waals surface area contributed by atoms with Crippen molar-refractivity contribution in [2.45, 2.75) is 160 Å². The van der Waals surface area contributed by atoms with Gasteiger partial charge in [-0.3, -0.25) is 4.79 Å². The van der Waals surface area contributed by atoms with Gasteiger partial charge in [-0.2, -0.15) is 0 Å². The van der Waals surface area contributed by atoms with E-state index < -0.39 is 37.3 Å². The van der Waals surface area contributed by atoms with Crippen molar-refractivity contribution in [3.63, 3.8) is 0 Å². The molecule has 7 nitrogen and oxygen atoms in total. The first-order valence-electron chi connectivity index (χ1n) is 15.2. The van der Waals surface area contributed by atoms with E-state index in [4.69, 9.17) is 4.74 Å². The van der Waals surface area contributed by atoms with Crippen molar-refractivity contribution in [2.24, 2.45) is 0 Å². The molecule has 1 rings (SSSR count). The Bertz CT molecular complexity index is 584. The van der Waals surface area contributed by atoms with Crippen molar-refractivity contribution in [3.05, 3.63) is 12.2 Å². The highest BCUT2D eigenvalue weighted by Gasteiger charge is 2.46. The number of rotatable bonds is 22. The number of allylic oxidation sites excluding steroid dienone is 2. The van der Waals surface area contributed by atoms with Gasteiger partial charge < -0.3 is 30.1 Å². The smallest absolute Gasteiger partial charge is 0.224 e. The van der Waals surface area contributed by atoms with Crippen LogP contribution in [0.3, 0.4) is 0 Å². The topological polar surface area (TPSA) is 110 Å². The summed E-state index contributed by atoms with van der Waals surface area (Å²) >= 11 is 0. The molecule has 218 valence electrons. The van der Waals surface area contributed by atoms with Crippen LogP contribution in [0.15, 0.2) is 12.2 Å². The fraction of sp³-hybridized carbons (Fsp3) is 0.900. The molecule has 0 aromatic rings. The van der Waals surface area contributed by atoms with Gasteiger partial charge >= 0.3 is 0 Å². The van der Waals surface area contributed by atoms with E-state index in [-0.39, 0.29) is 5.91 Å². The Hall–Kier alpha value is -0.990. The fourth-order valence-corrected chi connectivity index (χ4v) is 4.93. The SMILES string of the molecule is CCCCCCCC/C=C\CCCCCCCC(=O)N(CCCCCC)C1O[C@H](CO)[C@@H](O)[C@H](O)[C@H]1O. The number of amides is 1. The molecular formula is C30H57NO6. The molecule has 0 aromatic heterocycles. The molecule has 37 heavy (non-hydrogen) atoms. The quantitative estimate of drug-likeness (QED) is 0.113. The molecule has 1 aliphatic heterocycles. The number of aliphatic hydroxyl groups is 4. The van der Waals surface area contributed by atoms with Crippen molar-refractivity contribution in [1.29, 1.82) is 0 Å². The Morgan fingerprint density at radius 2 is 1.22 bits per heavy atom. The van der Waals surface area contributed by atoms with Crippen LogP contribution in [0.5, 0.6) is 0 Å². The van der Waals surface area contributed by atoms with Gasteiger partial charge in [-0.15, -0.1) is 0 Å². The van der Waals surface area contributed by atoms with Gasteiger partial charge in [0.1, 0.15) is 24.4 Å². The van der Waals surface area contributed by atoms with Crippen molar-refractivity contribution < 1.29 is 30.0 Å². The van der Waals surface area contributed by atoms with Gasteiger partial charge in [-0.1, -0.05) is 96.6 Å². The van der Waals surface area contributed by atoms with E-state index in [1.807, 2.05) is 0 Å². The summed E-state index contributed by atoms with van der Waals surface area (Å²) in [6, 6.07) is 0. The zero-order valence-corrected chi connectivity index (χ0v) is 23.7. The minimum atomic E-state index is -1.47. The Morgan fingerprint density at radius 3 is 1.78 bits per heavy atom. The minimum Gasteiger partial charge on any atom is -0.394 e. The predicted octanol–water partition coefficient (Wildman–Crippen LogP) is 5.23. The van der Waals surface area contributed by atoms with E-state index in [1.54, 1.807) is 0 Å². The monoisotopic (exact) mass is 527 g/mol. The molecule has 4 N–H and O–H groups in total. The van der Waals surface area contributed by atoms with E-state index >= 15 is 0 Å². The van der Waals surface area contributed by atoms with Crippen molar-refractivity contribution in [1.82, 2.24) is 4.90 Å². The first-order chi connectivity index (χ1) is 18.0. The van der Waals surface area contributed by atoms with Crippen molar-refractivity contribution in [3.8, 4) is 0 Å². The number of ether oxygens (including phenoxy) is 1. The fourth-order valence-electron chi connectivity index (χ4n) is 4.93. The third-order valence-electron chi connectivity index (χ3n) is 7.40. The van der Waals surface area contributed by atoms with E-state index in [9.17, 15) is 25.2 Å². The van der Waals surface area contributed by atoms with Gasteiger partial charge in [0, 0.05) is 13.0 Å². The van der Waals surface area contributed by atoms with Gasteiger partial charge in [0.15, 0.2) is 6.23 Å². The van der Waals surface area contributed by atoms with Crippen LogP contribution in [-0.2, 0) is 9.53 Å². The predicted molar refractivity (Wildman–Crippen MR) is 149 cm³/mol. The van der Waals surface area contributed by atoms with Crippen LogP contribution in [-0.4, -0.2) is 75.0 Å². The van der Waals surface area contributed by atoms with Gasteiger partial charge in [0.25, 0.3) is 0 Å². The summed E-state index contributed by atoms with van der Waals surface area (Å²) in [5.74, 6) is -0.113. The van der Waals surface area contributed by atoms with E-state index in [2.05, 4.69) is 26.0 Å². The second kappa shape index (κ2) is 21.9. The lowest BCUT2D eigenvalue weighted by Crippen LogP contribution is -2.64. The summed E-state index contributed by atoms with van der Waals surface area (Å²) in [5, 5.41) is 40.3. The zero-order valence-electron chi connectivity index (χ0n) is 23.7. The number of carbonyl (C=O) groups excluding carboxylic acids is 1. The molecule has 7 heteroatoms. The maximum atomic E-state index is 13.1. The number of unbranched alkanes of at least 4 members (excludes halogenated alkanes) is 14. The van der Waals surface area contributed by atoms with Crippen LogP contribution in [0.1, 0.15) is 129 Å². The highest BCUT2D eigenvalue weighted by molar-refractivity contribution is 5.76. The van der Waals surface area contributed by atoms with Crippen molar-refractivity contribution >= 4 is 5.91 Å². The van der Waals surface area contributed by atoms with Gasteiger partial charge in [-0.25, -0.2) is 0 Å². The Balaban J connectivity index is 2.33. The normalized spacial score (nSPS) is 24.1. The molecule has 0 aliphatic carbocycles. The van der Waals surface area contributed by atoms with E-state index in [0.717, 1.165) is 57.8 Å². The second-order valence-electron chi connectivity index (χ2n) is 10.7. The van der Waals surface area contributed by atoms with Crippen LogP contribution >= 0.6 is 0 Å². The first kappa shape index (κ1) is 34.0. The number of hydrogen-bond donors (Lipinski definition) is 4. The molecule has 1 aliphatic rings. The molecule has 1 saturated heterocycles. The average Bonchev–Trinajstić information content (AvgIpc) is 2.90. The lowest BCUT2D eigenvalue weighted by atomic mass is 9.97. The standard InChI is InChI=1S/C30H57NO6/c1-3-5-7-9-10-11-12-13-14-15-16-17-18-19-20-22-26(33)31(23-21-8-6-4-2)30-29(36)28(35)27(34)25(24-32)37-30/h13-14,25,27-30,32,34-36H,3-12,15-24H2,1-2H3/b14-13-/t25-,27-,28+,29-,30?/m1/s1. The lowest BCUT2D eigenvalue weighted by molar-refractivity contribution is -0.262. The van der Waals surface area contributed by atoms with Gasteiger partial charge in [0.05, 0.1) is 6.61 Å². The zero-order chi connectivity index (χ0) is 27.3. The molecule has 1 fully saturated rings. The maximum Gasteiger partial charge on any atom is 0.224 e. The minimum absolute atomic E-state index is 0.113. The molecule has 0 aromatic carbocycles. The molecule has 0 spiro atoms. The summed E-state index contributed by atoms with van der Waals surface area (Å²) in [6.07, 6.45) is 18.0. The molecule has 0 bridgehead atoms. The van der Waals surface area contributed by atoms with Crippen LogP contribution in [0, 0.1) is 0 Å². The number of carbonyl (C=O) groups is 1. The molecular weight excluding hydrogens is 470 g/mol. The van der Waals surface area contributed by atoms with E-state index in [1.165, 1.54) is 56.3 Å². The lowest BCUT2D eigenvalue weighted by Gasteiger charge is -2.44. The Labute approximate surface area is 226 Å². The summed E-state index contributed by atoms with van der Waals surface area (Å²) in [6.45, 7) is 4.30. The molecule has 1 unspecified atom stereocenters. The number of nitrogens with zero attached hydrogens (tertiary/aromatic N) is 1. The summed E-state index contributed by atoms with van der Waals surface area (Å²) in [7, 11) is 0. The summed E-state index contributed by atoms with van der Waals surface area (Å²) in [5.41, 5.74) is 0. The molecule has 1 heterocycles. The van der Waals surface area contributed by atoms with Crippen LogP contribution in [0.25, 0.3) is 0 Å². The Kier molecular flexibility index (Phi) is 20.1. The Morgan fingerprint density at radius 1 is 0.703 bits per heavy atom. The van der Waals surface area contributed by atoms with E-state index in [0.29, 0.717) is 13.0 Å². The first-order valence-corrected chi connectivity index (χ1v) is 15.2. The van der Waals surface area contributed by atoms with Crippen LogP contribution < -0.4 is 0 Å². The number of hydrogen-bond acceptors (Lipinski definition) is 6. The van der Waals surface area contributed by atoms with Crippen LogP contribution in [0.4, 0.5) is 0 Å². The van der Waals surface area contributed by atoms with Crippen LogP contribution in [0.2, 0.25) is 0 Å². The maximum absolute atomic E-state index is 13.1.